The van der Waals surface area contributed by atoms with Crippen molar-refractivity contribution in [1.82, 2.24) is 9.62 Å². The second-order valence-corrected chi connectivity index (χ2v) is 9.50. The van der Waals surface area contributed by atoms with Gasteiger partial charge >= 0.3 is 0 Å². The number of ether oxygens (including phenoxy) is 1. The highest BCUT2D eigenvalue weighted by molar-refractivity contribution is 7.89. The normalized spacial score (nSPS) is 16.4. The summed E-state index contributed by atoms with van der Waals surface area (Å²) >= 11 is 0. The van der Waals surface area contributed by atoms with E-state index in [-0.39, 0.29) is 23.5 Å². The van der Waals surface area contributed by atoms with Gasteiger partial charge in [0.05, 0.1) is 11.0 Å². The second-order valence-electron chi connectivity index (χ2n) is 7.74. The Labute approximate surface area is 178 Å². The quantitative estimate of drug-likeness (QED) is 0.695. The minimum Gasteiger partial charge on any atom is -0.378 e. The highest BCUT2D eigenvalue weighted by atomic mass is 32.2. The van der Waals surface area contributed by atoms with Crippen molar-refractivity contribution >= 4 is 21.6 Å². The molecule has 0 saturated carbocycles. The maximum Gasteiger partial charge on any atom is 0.253 e. The van der Waals surface area contributed by atoms with Gasteiger partial charge in [0.25, 0.3) is 5.91 Å². The summed E-state index contributed by atoms with van der Waals surface area (Å²) in [6, 6.07) is 14.1. The highest BCUT2D eigenvalue weighted by Crippen LogP contribution is 2.17. The van der Waals surface area contributed by atoms with Gasteiger partial charge < -0.3 is 14.5 Å². The van der Waals surface area contributed by atoms with E-state index in [4.69, 9.17) is 4.74 Å². The maximum absolute atomic E-state index is 12.9. The Kier molecular flexibility index (Phi) is 7.12. The van der Waals surface area contributed by atoms with Crippen molar-refractivity contribution in [1.29, 1.82) is 0 Å². The number of carbonyl (C=O) groups is 1. The molecule has 1 aliphatic rings. The van der Waals surface area contributed by atoms with Crippen molar-refractivity contribution in [3.05, 3.63) is 59.7 Å². The number of carbonyl (C=O) groups excluding carboxylic acids is 1. The fourth-order valence-corrected chi connectivity index (χ4v) is 4.46. The summed E-state index contributed by atoms with van der Waals surface area (Å²) in [5, 5.41) is 0. The van der Waals surface area contributed by atoms with Crippen molar-refractivity contribution in [2.75, 3.05) is 39.2 Å². The largest absolute Gasteiger partial charge is 0.378 e. The molecule has 1 unspecified atom stereocenters. The fourth-order valence-electron chi connectivity index (χ4n) is 3.35. The Hall–Kier alpha value is -2.42. The molecule has 3 rings (SSSR count). The monoisotopic (exact) mass is 431 g/mol. The smallest absolute Gasteiger partial charge is 0.253 e. The lowest BCUT2D eigenvalue weighted by Gasteiger charge is -2.19. The van der Waals surface area contributed by atoms with E-state index in [1.165, 1.54) is 12.1 Å². The zero-order valence-electron chi connectivity index (χ0n) is 17.7. The first-order chi connectivity index (χ1) is 14.3. The molecule has 2 aromatic carbocycles. The van der Waals surface area contributed by atoms with Crippen LogP contribution in [0.2, 0.25) is 0 Å². The Bertz CT molecular complexity index is 968. The van der Waals surface area contributed by atoms with E-state index in [0.717, 1.165) is 24.1 Å². The summed E-state index contributed by atoms with van der Waals surface area (Å²) in [4.78, 5) is 16.5. The van der Waals surface area contributed by atoms with Crippen LogP contribution in [-0.4, -0.2) is 59.6 Å². The van der Waals surface area contributed by atoms with Crippen LogP contribution in [0.25, 0.3) is 0 Å². The first-order valence-corrected chi connectivity index (χ1v) is 11.5. The Morgan fingerprint density at radius 1 is 1.13 bits per heavy atom. The number of rotatable bonds is 8. The molecular weight excluding hydrogens is 402 g/mol. The van der Waals surface area contributed by atoms with E-state index < -0.39 is 10.0 Å². The van der Waals surface area contributed by atoms with E-state index in [2.05, 4.69) is 4.72 Å². The zero-order valence-corrected chi connectivity index (χ0v) is 18.5. The molecule has 1 N–H and O–H groups in total. The number of sulfonamides is 1. The predicted octanol–water partition coefficient (Wildman–Crippen LogP) is 2.48. The van der Waals surface area contributed by atoms with Crippen LogP contribution in [0, 0.1) is 0 Å². The van der Waals surface area contributed by atoms with E-state index >= 15 is 0 Å². The third-order valence-corrected chi connectivity index (χ3v) is 6.56. The molecule has 0 radical (unpaired) electrons. The second kappa shape index (κ2) is 9.59. The lowest BCUT2D eigenvalue weighted by molar-refractivity contribution is 0.0785. The van der Waals surface area contributed by atoms with Gasteiger partial charge in [0, 0.05) is 52.1 Å². The van der Waals surface area contributed by atoms with E-state index in [1.54, 1.807) is 24.1 Å². The summed E-state index contributed by atoms with van der Waals surface area (Å²) in [5.41, 5.74) is 2.42. The summed E-state index contributed by atoms with van der Waals surface area (Å²) in [5.74, 6) is -0.233. The van der Waals surface area contributed by atoms with Gasteiger partial charge in [-0.05, 0) is 48.7 Å². The standard InChI is InChI=1S/C22H29N3O4S/c1-24(2)19-11-9-17(10-12-19)16-25(3)22(26)18-6-4-8-21(14-18)30(27,28)23-15-20-7-5-13-29-20/h4,6,8-12,14,20,23H,5,7,13,15-16H2,1-3H3. The molecule has 2 aromatic rings. The first kappa shape index (κ1) is 22.3. The molecule has 0 spiro atoms. The van der Waals surface area contributed by atoms with Crippen LogP contribution in [0.1, 0.15) is 28.8 Å². The molecule has 0 aliphatic carbocycles. The third kappa shape index (κ3) is 5.59. The molecule has 1 heterocycles. The van der Waals surface area contributed by atoms with E-state index in [1.807, 2.05) is 43.3 Å². The average Bonchev–Trinajstić information content (AvgIpc) is 3.26. The fraction of sp³-hybridized carbons (Fsp3) is 0.409. The molecule has 0 aromatic heterocycles. The predicted molar refractivity (Wildman–Crippen MR) is 117 cm³/mol. The average molecular weight is 432 g/mol. The van der Waals surface area contributed by atoms with E-state index in [0.29, 0.717) is 18.7 Å². The van der Waals surface area contributed by atoms with Crippen LogP contribution in [-0.2, 0) is 21.3 Å². The van der Waals surface area contributed by atoms with Gasteiger partial charge in [-0.3, -0.25) is 4.79 Å². The van der Waals surface area contributed by atoms with Gasteiger partial charge in [0.1, 0.15) is 0 Å². The molecule has 8 heteroatoms. The molecule has 30 heavy (non-hydrogen) atoms. The Morgan fingerprint density at radius 3 is 2.50 bits per heavy atom. The SMILES string of the molecule is CN(Cc1ccc(N(C)C)cc1)C(=O)c1cccc(S(=O)(=O)NCC2CCCO2)c1. The Balaban J connectivity index is 1.66. The molecule has 162 valence electrons. The van der Waals surface area contributed by atoms with Crippen LogP contribution in [0.3, 0.4) is 0 Å². The topological polar surface area (TPSA) is 79.0 Å². The van der Waals surface area contributed by atoms with Gasteiger partial charge in [-0.25, -0.2) is 13.1 Å². The van der Waals surface area contributed by atoms with Crippen molar-refractivity contribution < 1.29 is 17.9 Å². The van der Waals surface area contributed by atoms with Crippen LogP contribution in [0.5, 0.6) is 0 Å². The molecule has 1 saturated heterocycles. The van der Waals surface area contributed by atoms with Crippen LogP contribution < -0.4 is 9.62 Å². The van der Waals surface area contributed by atoms with Crippen molar-refractivity contribution in [2.45, 2.75) is 30.4 Å². The first-order valence-electron chi connectivity index (χ1n) is 9.99. The van der Waals surface area contributed by atoms with Gasteiger partial charge in [-0.1, -0.05) is 18.2 Å². The molecule has 1 amide bonds. The zero-order chi connectivity index (χ0) is 21.7. The van der Waals surface area contributed by atoms with Gasteiger partial charge in [0.2, 0.25) is 10.0 Å². The number of hydrogen-bond donors (Lipinski definition) is 1. The summed E-state index contributed by atoms with van der Waals surface area (Å²) < 4.78 is 33.3. The molecule has 1 fully saturated rings. The van der Waals surface area contributed by atoms with Crippen LogP contribution >= 0.6 is 0 Å². The van der Waals surface area contributed by atoms with Gasteiger partial charge in [-0.2, -0.15) is 0 Å². The maximum atomic E-state index is 12.9. The van der Waals surface area contributed by atoms with Gasteiger partial charge in [-0.15, -0.1) is 0 Å². The number of hydrogen-bond acceptors (Lipinski definition) is 5. The van der Waals surface area contributed by atoms with Crippen molar-refractivity contribution in [3.8, 4) is 0 Å². The summed E-state index contributed by atoms with van der Waals surface area (Å²) in [6.07, 6.45) is 1.71. The number of benzene rings is 2. The summed E-state index contributed by atoms with van der Waals surface area (Å²) in [7, 11) is 1.95. The lowest BCUT2D eigenvalue weighted by Crippen LogP contribution is -2.32. The van der Waals surface area contributed by atoms with Gasteiger partial charge in [0.15, 0.2) is 0 Å². The molecule has 1 atom stereocenters. The minimum absolute atomic E-state index is 0.0788. The molecule has 1 aliphatic heterocycles. The van der Waals surface area contributed by atoms with Crippen LogP contribution in [0.15, 0.2) is 53.4 Å². The minimum atomic E-state index is -3.71. The number of anilines is 1. The molecule has 7 nitrogen and oxygen atoms in total. The van der Waals surface area contributed by atoms with Crippen molar-refractivity contribution in [3.63, 3.8) is 0 Å². The summed E-state index contributed by atoms with van der Waals surface area (Å²) in [6.45, 7) is 1.34. The lowest BCUT2D eigenvalue weighted by atomic mass is 10.1. The highest BCUT2D eigenvalue weighted by Gasteiger charge is 2.21. The third-order valence-electron chi connectivity index (χ3n) is 5.14. The van der Waals surface area contributed by atoms with E-state index in [9.17, 15) is 13.2 Å². The number of amides is 1. The number of nitrogens with one attached hydrogen (secondary N) is 1. The van der Waals surface area contributed by atoms with Crippen LogP contribution in [0.4, 0.5) is 5.69 Å². The number of nitrogens with zero attached hydrogens (tertiary/aromatic N) is 2. The molecular formula is C22H29N3O4S. The molecule has 0 bridgehead atoms. The Morgan fingerprint density at radius 2 is 1.87 bits per heavy atom. The van der Waals surface area contributed by atoms with Crippen molar-refractivity contribution in [2.24, 2.45) is 0 Å².